The second-order valence-electron chi connectivity index (χ2n) is 5.98. The van der Waals surface area contributed by atoms with Crippen molar-refractivity contribution in [2.45, 2.75) is 13.0 Å². The molecule has 0 aliphatic heterocycles. The van der Waals surface area contributed by atoms with Crippen LogP contribution >= 0.6 is 0 Å². The Morgan fingerprint density at radius 1 is 1.12 bits per heavy atom. The number of anilines is 1. The van der Waals surface area contributed by atoms with Crippen LogP contribution in [0.1, 0.15) is 18.6 Å². The van der Waals surface area contributed by atoms with Crippen LogP contribution in [0.3, 0.4) is 0 Å². The Labute approximate surface area is 149 Å². The van der Waals surface area contributed by atoms with Gasteiger partial charge in [0.25, 0.3) is 0 Å². The third-order valence-corrected chi connectivity index (χ3v) is 4.20. The van der Waals surface area contributed by atoms with Gasteiger partial charge in [0.05, 0.1) is 11.2 Å². The summed E-state index contributed by atoms with van der Waals surface area (Å²) >= 11 is 0. The maximum Gasteiger partial charge on any atom is 0.166 e. The molecule has 0 aliphatic rings. The molecule has 2 heterocycles. The molecule has 0 radical (unpaired) electrons. The van der Waals surface area contributed by atoms with Crippen LogP contribution in [0.25, 0.3) is 16.6 Å². The van der Waals surface area contributed by atoms with Crippen LogP contribution in [-0.4, -0.2) is 14.8 Å². The predicted octanol–water partition coefficient (Wildman–Crippen LogP) is 4.28. The first-order chi connectivity index (χ1) is 12.6. The predicted molar refractivity (Wildman–Crippen MR) is 98.7 cm³/mol. The van der Waals surface area contributed by atoms with Crippen molar-refractivity contribution in [3.8, 4) is 11.4 Å². The number of nitrogen functional groups attached to an aromatic ring is 1. The molecule has 0 saturated carbocycles. The molecule has 0 amide bonds. The fraction of sp³-hybridized carbons (Fsp3) is 0.100. The zero-order valence-electron chi connectivity index (χ0n) is 14.1. The van der Waals surface area contributed by atoms with Crippen molar-refractivity contribution in [1.82, 2.24) is 14.8 Å². The molecule has 130 valence electrons. The highest BCUT2D eigenvalue weighted by molar-refractivity contribution is 5.82. The van der Waals surface area contributed by atoms with Gasteiger partial charge in [-0.1, -0.05) is 18.2 Å². The Morgan fingerprint density at radius 3 is 2.77 bits per heavy atom. The molecule has 2 aromatic carbocycles. The van der Waals surface area contributed by atoms with E-state index in [0.717, 1.165) is 16.6 Å². The van der Waals surface area contributed by atoms with E-state index in [-0.39, 0.29) is 5.82 Å². The minimum Gasteiger partial charge on any atom is -0.482 e. The van der Waals surface area contributed by atoms with Crippen LogP contribution < -0.4 is 10.5 Å². The topological polar surface area (TPSA) is 66.0 Å². The molecular weight excluding hydrogens is 331 g/mol. The van der Waals surface area contributed by atoms with Gasteiger partial charge in [-0.3, -0.25) is 0 Å². The quantitative estimate of drug-likeness (QED) is 0.598. The third kappa shape index (κ3) is 2.97. The minimum atomic E-state index is -0.449. The van der Waals surface area contributed by atoms with Crippen LogP contribution in [0.5, 0.6) is 5.75 Å². The molecule has 2 aromatic heterocycles. The summed E-state index contributed by atoms with van der Waals surface area (Å²) in [4.78, 5) is 4.37. The van der Waals surface area contributed by atoms with Crippen LogP contribution in [0, 0.1) is 5.82 Å². The summed E-state index contributed by atoms with van der Waals surface area (Å²) in [6.45, 7) is 1.84. The van der Waals surface area contributed by atoms with E-state index >= 15 is 0 Å². The summed E-state index contributed by atoms with van der Waals surface area (Å²) in [6.07, 6.45) is 3.02. The van der Waals surface area contributed by atoms with Crippen LogP contribution in [-0.2, 0) is 0 Å². The summed E-state index contributed by atoms with van der Waals surface area (Å²) in [6, 6.07) is 15.9. The Hall–Kier alpha value is -3.41. The maximum atomic E-state index is 13.9. The number of nitrogens with zero attached hydrogens (tertiary/aromatic N) is 3. The van der Waals surface area contributed by atoms with Crippen molar-refractivity contribution in [2.24, 2.45) is 0 Å². The van der Waals surface area contributed by atoms with E-state index < -0.39 is 6.10 Å². The summed E-state index contributed by atoms with van der Waals surface area (Å²) < 4.78 is 21.6. The Bertz CT molecular complexity index is 1060. The molecule has 0 saturated heterocycles. The summed E-state index contributed by atoms with van der Waals surface area (Å²) in [5.74, 6) is 0.426. The molecule has 2 N–H and O–H groups in total. The maximum absolute atomic E-state index is 13.9. The van der Waals surface area contributed by atoms with E-state index in [1.807, 2.05) is 43.3 Å². The molecule has 0 aliphatic carbocycles. The van der Waals surface area contributed by atoms with Crippen molar-refractivity contribution in [2.75, 3.05) is 5.73 Å². The fourth-order valence-electron chi connectivity index (χ4n) is 2.93. The number of hydrogen-bond donors (Lipinski definition) is 1. The fourth-order valence-corrected chi connectivity index (χ4v) is 2.93. The van der Waals surface area contributed by atoms with Crippen LogP contribution in [0.2, 0.25) is 0 Å². The first-order valence-corrected chi connectivity index (χ1v) is 8.23. The van der Waals surface area contributed by atoms with Crippen molar-refractivity contribution >= 4 is 16.7 Å². The van der Waals surface area contributed by atoms with Gasteiger partial charge in [-0.25, -0.2) is 14.1 Å². The zero-order chi connectivity index (χ0) is 18.1. The highest BCUT2D eigenvalue weighted by atomic mass is 19.1. The molecule has 0 unspecified atom stereocenters. The van der Waals surface area contributed by atoms with Gasteiger partial charge in [0, 0.05) is 23.3 Å². The van der Waals surface area contributed by atoms with Gasteiger partial charge in [-0.15, -0.1) is 0 Å². The van der Waals surface area contributed by atoms with Gasteiger partial charge in [0.2, 0.25) is 0 Å². The van der Waals surface area contributed by atoms with Crippen molar-refractivity contribution in [3.05, 3.63) is 78.4 Å². The van der Waals surface area contributed by atoms with Gasteiger partial charge in [0.1, 0.15) is 11.9 Å². The molecule has 4 rings (SSSR count). The van der Waals surface area contributed by atoms with Gasteiger partial charge < -0.3 is 10.5 Å². The molecule has 0 bridgehead atoms. The number of benzene rings is 2. The standard InChI is InChI=1S/C20H17FN4O/c1-13(16-12-15(21)7-8-18(16)25-10-4-9-23-25)26-19-11-14-5-2-3-6-17(14)24-20(19)22/h2-13H,1H3,(H2,22,24)/t13-/m0/s1. The normalized spacial score (nSPS) is 12.2. The summed E-state index contributed by atoms with van der Waals surface area (Å²) in [5, 5.41) is 5.15. The van der Waals surface area contributed by atoms with E-state index in [0.29, 0.717) is 17.1 Å². The summed E-state index contributed by atoms with van der Waals surface area (Å²) in [7, 11) is 0. The second-order valence-corrected chi connectivity index (χ2v) is 5.98. The number of hydrogen-bond acceptors (Lipinski definition) is 4. The monoisotopic (exact) mass is 348 g/mol. The number of rotatable bonds is 4. The number of halogens is 1. The molecule has 5 nitrogen and oxygen atoms in total. The smallest absolute Gasteiger partial charge is 0.166 e. The lowest BCUT2D eigenvalue weighted by Crippen LogP contribution is -2.10. The largest absolute Gasteiger partial charge is 0.482 e. The number of nitrogens with two attached hydrogens (primary N) is 1. The van der Waals surface area contributed by atoms with Crippen LogP contribution in [0.15, 0.2) is 67.0 Å². The molecular formula is C20H17FN4O. The highest BCUT2D eigenvalue weighted by Crippen LogP contribution is 2.31. The van der Waals surface area contributed by atoms with E-state index in [9.17, 15) is 4.39 Å². The first-order valence-electron chi connectivity index (χ1n) is 8.23. The molecule has 0 fully saturated rings. The van der Waals surface area contributed by atoms with Crippen molar-refractivity contribution in [3.63, 3.8) is 0 Å². The van der Waals surface area contributed by atoms with Gasteiger partial charge >= 0.3 is 0 Å². The van der Waals surface area contributed by atoms with Crippen LogP contribution in [0.4, 0.5) is 10.2 Å². The average molecular weight is 348 g/mol. The molecule has 6 heteroatoms. The average Bonchev–Trinajstić information content (AvgIpc) is 3.16. The molecule has 4 aromatic rings. The van der Waals surface area contributed by atoms with Crippen molar-refractivity contribution < 1.29 is 9.13 Å². The number of aromatic nitrogens is 3. The lowest BCUT2D eigenvalue weighted by Gasteiger charge is -2.19. The lowest BCUT2D eigenvalue weighted by molar-refractivity contribution is 0.227. The zero-order valence-corrected chi connectivity index (χ0v) is 14.1. The number of pyridine rings is 1. The van der Waals surface area contributed by atoms with Gasteiger partial charge in [-0.2, -0.15) is 5.10 Å². The SMILES string of the molecule is C[C@H](Oc1cc2ccccc2nc1N)c1cc(F)ccc1-n1cccn1. The van der Waals surface area contributed by atoms with E-state index in [1.54, 1.807) is 23.1 Å². The summed E-state index contributed by atoms with van der Waals surface area (Å²) in [5.41, 5.74) is 8.26. The number of ether oxygens (including phenoxy) is 1. The van der Waals surface area contributed by atoms with E-state index in [4.69, 9.17) is 10.5 Å². The van der Waals surface area contributed by atoms with E-state index in [1.165, 1.54) is 12.1 Å². The molecule has 0 spiro atoms. The Balaban J connectivity index is 1.72. The number of fused-ring (bicyclic) bond motifs is 1. The Morgan fingerprint density at radius 2 is 1.96 bits per heavy atom. The van der Waals surface area contributed by atoms with Gasteiger partial charge in [-0.05, 0) is 43.3 Å². The highest BCUT2D eigenvalue weighted by Gasteiger charge is 2.17. The van der Waals surface area contributed by atoms with Gasteiger partial charge in [0.15, 0.2) is 11.6 Å². The Kier molecular flexibility index (Phi) is 4.01. The second kappa shape index (κ2) is 6.48. The van der Waals surface area contributed by atoms with Crippen molar-refractivity contribution in [1.29, 1.82) is 0 Å². The molecule has 1 atom stereocenters. The lowest BCUT2D eigenvalue weighted by atomic mass is 10.1. The molecule has 26 heavy (non-hydrogen) atoms. The minimum absolute atomic E-state index is 0.299. The first kappa shape index (κ1) is 16.1. The number of para-hydroxylation sites is 1. The van der Waals surface area contributed by atoms with E-state index in [2.05, 4.69) is 10.1 Å². The third-order valence-electron chi connectivity index (χ3n) is 4.20.